The number of aliphatic hydroxyl groups excluding tert-OH is 2. The number of aliphatic hydroxyl groups is 2. The number of carbonyl (C=O) groups excluding carboxylic acids is 2. The first-order chi connectivity index (χ1) is 17.2. The number of rotatable bonds is 8. The van der Waals surface area contributed by atoms with Crippen LogP contribution in [0.1, 0.15) is 56.2 Å². The number of nitrogens with one attached hydrogen (secondary N) is 1. The average Bonchev–Trinajstić information content (AvgIpc) is 3.58. The van der Waals surface area contributed by atoms with Crippen LogP contribution in [-0.4, -0.2) is 64.8 Å². The molecule has 3 aromatic rings. The lowest BCUT2D eigenvalue weighted by Crippen LogP contribution is -2.49. The lowest BCUT2D eigenvalue weighted by Gasteiger charge is -2.31. The third kappa shape index (κ3) is 5.32. The van der Waals surface area contributed by atoms with Gasteiger partial charge in [0.1, 0.15) is 17.8 Å². The summed E-state index contributed by atoms with van der Waals surface area (Å²) in [4.78, 5) is 33.4. The molecule has 4 atom stereocenters. The summed E-state index contributed by atoms with van der Waals surface area (Å²) >= 11 is 1.22. The summed E-state index contributed by atoms with van der Waals surface area (Å²) in [7, 11) is 0. The summed E-state index contributed by atoms with van der Waals surface area (Å²) < 4.78 is 5.68. The van der Waals surface area contributed by atoms with Crippen LogP contribution in [0.4, 0.5) is 0 Å². The maximum atomic E-state index is 13.6. The second kappa shape index (κ2) is 10.9. The van der Waals surface area contributed by atoms with Gasteiger partial charge >= 0.3 is 0 Å². The molecule has 2 unspecified atom stereocenters. The Morgan fingerprint density at radius 3 is 2.56 bits per heavy atom. The number of amides is 2. The first-order valence-corrected chi connectivity index (χ1v) is 12.8. The fourth-order valence-corrected chi connectivity index (χ4v) is 5.35. The van der Waals surface area contributed by atoms with E-state index in [2.05, 4.69) is 19.9 Å². The number of likely N-dealkylation sites (tertiary alicyclic amines) is 1. The van der Waals surface area contributed by atoms with Crippen LogP contribution in [-0.2, 0) is 16.2 Å². The van der Waals surface area contributed by atoms with Gasteiger partial charge in [-0.25, -0.2) is 4.98 Å². The number of carbonyl (C=O) groups is 2. The van der Waals surface area contributed by atoms with Crippen LogP contribution in [0.5, 0.6) is 0 Å². The Bertz CT molecular complexity index is 1210. The van der Waals surface area contributed by atoms with Crippen molar-refractivity contribution in [2.75, 3.05) is 6.54 Å². The van der Waals surface area contributed by atoms with E-state index in [0.717, 1.165) is 21.7 Å². The highest BCUT2D eigenvalue weighted by Crippen LogP contribution is 2.29. The van der Waals surface area contributed by atoms with Crippen molar-refractivity contribution in [2.45, 2.75) is 65.0 Å². The molecule has 1 saturated heterocycles. The van der Waals surface area contributed by atoms with Crippen molar-refractivity contribution in [1.82, 2.24) is 29.4 Å². The first kappa shape index (κ1) is 25.9. The van der Waals surface area contributed by atoms with E-state index >= 15 is 0 Å². The van der Waals surface area contributed by atoms with E-state index in [0.29, 0.717) is 5.69 Å². The lowest BCUT2D eigenvalue weighted by atomic mass is 10.0. The molecule has 0 bridgehead atoms. The van der Waals surface area contributed by atoms with Gasteiger partial charge in [0.25, 0.3) is 0 Å². The van der Waals surface area contributed by atoms with E-state index < -0.39 is 18.2 Å². The van der Waals surface area contributed by atoms with Crippen LogP contribution < -0.4 is 5.32 Å². The number of benzene rings is 1. The Labute approximate surface area is 214 Å². The number of imidazole rings is 1. The Hall–Kier alpha value is -3.15. The quantitative estimate of drug-likeness (QED) is 0.421. The van der Waals surface area contributed by atoms with Gasteiger partial charge in [0, 0.05) is 19.2 Å². The standard InChI is InChI=1S/C25H32N6O4S/c1-14(2)22(30-10-15(3)26-13-30)25(35)31-11-19(33)9-21(31)24(34)27-16(4)17-5-7-18(8-6-17)23-20(12-32)28-29-36-23/h5-8,10,13-14,16,19,21-22,32-33H,9,11-12H2,1-4H3,(H,27,34)/t16?,19-,21+,22?/m1/s1. The van der Waals surface area contributed by atoms with E-state index in [4.69, 9.17) is 0 Å². The third-order valence-electron chi connectivity index (χ3n) is 6.54. The van der Waals surface area contributed by atoms with Gasteiger partial charge in [-0.05, 0) is 42.4 Å². The molecule has 36 heavy (non-hydrogen) atoms. The highest BCUT2D eigenvalue weighted by Gasteiger charge is 2.42. The molecule has 1 aromatic carbocycles. The molecule has 2 amide bonds. The lowest BCUT2D eigenvalue weighted by molar-refractivity contribution is -0.142. The highest BCUT2D eigenvalue weighted by molar-refractivity contribution is 7.09. The molecule has 1 aliphatic heterocycles. The highest BCUT2D eigenvalue weighted by atomic mass is 32.1. The Morgan fingerprint density at radius 2 is 1.94 bits per heavy atom. The maximum Gasteiger partial charge on any atom is 0.246 e. The minimum atomic E-state index is -0.759. The van der Waals surface area contributed by atoms with Crippen LogP contribution >= 0.6 is 11.5 Å². The van der Waals surface area contributed by atoms with Gasteiger partial charge in [0.05, 0.1) is 35.7 Å². The molecular weight excluding hydrogens is 480 g/mol. The van der Waals surface area contributed by atoms with E-state index in [1.807, 2.05) is 58.2 Å². The number of β-amino-alcohol motifs (C(OH)–C–C–N with tert-alkyl or cyclic N) is 1. The SMILES string of the molecule is Cc1cn(C(C(=O)N2C[C@H](O)C[C@H]2C(=O)NC(C)c2ccc(-c3snnc3CO)cc2)C(C)C)cn1. The summed E-state index contributed by atoms with van der Waals surface area (Å²) in [6, 6.07) is 6.05. The maximum absolute atomic E-state index is 13.6. The summed E-state index contributed by atoms with van der Waals surface area (Å²) in [5, 5.41) is 26.7. The molecule has 0 spiro atoms. The molecule has 0 radical (unpaired) electrons. The van der Waals surface area contributed by atoms with Gasteiger partial charge in [-0.3, -0.25) is 9.59 Å². The molecule has 11 heteroatoms. The van der Waals surface area contributed by atoms with E-state index in [1.165, 1.54) is 16.4 Å². The minimum Gasteiger partial charge on any atom is -0.391 e. The number of hydrogen-bond acceptors (Lipinski definition) is 8. The van der Waals surface area contributed by atoms with Crippen molar-refractivity contribution < 1.29 is 19.8 Å². The number of aryl methyl sites for hydroxylation is 1. The van der Waals surface area contributed by atoms with E-state index in [-0.39, 0.29) is 43.3 Å². The summed E-state index contributed by atoms with van der Waals surface area (Å²) in [5.41, 5.74) is 3.12. The zero-order valence-electron chi connectivity index (χ0n) is 20.8. The molecule has 0 aliphatic carbocycles. The topological polar surface area (TPSA) is 133 Å². The number of hydrogen-bond donors (Lipinski definition) is 3. The van der Waals surface area contributed by atoms with Gasteiger partial charge in [0.2, 0.25) is 11.8 Å². The van der Waals surface area contributed by atoms with Crippen molar-refractivity contribution in [3.8, 4) is 10.4 Å². The predicted octanol–water partition coefficient (Wildman–Crippen LogP) is 2.24. The van der Waals surface area contributed by atoms with Crippen LogP contribution in [0.25, 0.3) is 10.4 Å². The predicted molar refractivity (Wildman–Crippen MR) is 135 cm³/mol. The molecular formula is C25H32N6O4S. The van der Waals surface area contributed by atoms with Crippen LogP contribution in [0.3, 0.4) is 0 Å². The molecule has 0 saturated carbocycles. The molecule has 192 valence electrons. The monoisotopic (exact) mass is 512 g/mol. The normalized spacial score (nSPS) is 19.5. The van der Waals surface area contributed by atoms with Crippen molar-refractivity contribution in [3.05, 3.63) is 53.7 Å². The second-order valence-electron chi connectivity index (χ2n) is 9.61. The minimum absolute atomic E-state index is 0.0231. The molecule has 3 heterocycles. The van der Waals surface area contributed by atoms with Crippen molar-refractivity contribution in [3.63, 3.8) is 0 Å². The zero-order chi connectivity index (χ0) is 26.0. The Balaban J connectivity index is 1.47. The molecule has 2 aromatic heterocycles. The Morgan fingerprint density at radius 1 is 1.22 bits per heavy atom. The third-order valence-corrected chi connectivity index (χ3v) is 7.36. The van der Waals surface area contributed by atoms with Gasteiger partial charge in [-0.2, -0.15) is 0 Å². The van der Waals surface area contributed by atoms with Crippen molar-refractivity contribution >= 4 is 23.3 Å². The van der Waals surface area contributed by atoms with E-state index in [1.54, 1.807) is 10.9 Å². The molecule has 4 rings (SSSR count). The second-order valence-corrected chi connectivity index (χ2v) is 10.4. The van der Waals surface area contributed by atoms with Crippen molar-refractivity contribution in [1.29, 1.82) is 0 Å². The molecule has 1 aliphatic rings. The van der Waals surface area contributed by atoms with Crippen LogP contribution in [0.15, 0.2) is 36.8 Å². The van der Waals surface area contributed by atoms with Crippen LogP contribution in [0, 0.1) is 12.8 Å². The summed E-state index contributed by atoms with van der Waals surface area (Å²) in [5.74, 6) is -0.519. The van der Waals surface area contributed by atoms with Crippen LogP contribution in [0.2, 0.25) is 0 Å². The van der Waals surface area contributed by atoms with Gasteiger partial charge in [-0.15, -0.1) is 5.10 Å². The molecule has 3 N–H and O–H groups in total. The van der Waals surface area contributed by atoms with Crippen molar-refractivity contribution in [2.24, 2.45) is 5.92 Å². The fourth-order valence-electron chi connectivity index (χ4n) is 4.67. The Kier molecular flexibility index (Phi) is 7.82. The largest absolute Gasteiger partial charge is 0.391 e. The smallest absolute Gasteiger partial charge is 0.246 e. The summed E-state index contributed by atoms with van der Waals surface area (Å²) in [6.45, 7) is 7.59. The fraction of sp³-hybridized carbons (Fsp3) is 0.480. The van der Waals surface area contributed by atoms with Gasteiger partial charge in [-0.1, -0.05) is 42.6 Å². The number of aromatic nitrogens is 4. The van der Waals surface area contributed by atoms with Gasteiger partial charge in [0.15, 0.2) is 0 Å². The first-order valence-electron chi connectivity index (χ1n) is 12.0. The van der Waals surface area contributed by atoms with Gasteiger partial charge < -0.3 is 25.0 Å². The number of nitrogens with zero attached hydrogens (tertiary/aromatic N) is 5. The average molecular weight is 513 g/mol. The zero-order valence-corrected chi connectivity index (χ0v) is 21.6. The summed E-state index contributed by atoms with van der Waals surface area (Å²) in [6.07, 6.45) is 2.89. The molecule has 1 fully saturated rings. The molecule has 10 nitrogen and oxygen atoms in total. The van der Waals surface area contributed by atoms with E-state index in [9.17, 15) is 19.8 Å².